The van der Waals surface area contributed by atoms with Gasteiger partial charge in [-0.1, -0.05) is 29.3 Å². The van der Waals surface area contributed by atoms with E-state index in [1.54, 1.807) is 13.0 Å². The zero-order chi connectivity index (χ0) is 18.1. The summed E-state index contributed by atoms with van der Waals surface area (Å²) in [6.45, 7) is 1.50. The first-order valence-electron chi connectivity index (χ1n) is 7.29. The van der Waals surface area contributed by atoms with Crippen molar-refractivity contribution in [2.75, 3.05) is 13.2 Å². The fraction of sp³-hybridized carbons (Fsp3) is 0.188. The van der Waals surface area contributed by atoms with Gasteiger partial charge >= 0.3 is 11.5 Å². The van der Waals surface area contributed by atoms with Crippen LogP contribution in [0.15, 0.2) is 30.3 Å². The molecule has 0 aliphatic rings. The predicted molar refractivity (Wildman–Crippen MR) is 91.5 cm³/mol. The minimum Gasteiger partial charge on any atom is -0.617 e. The van der Waals surface area contributed by atoms with Crippen LogP contribution in [0.5, 0.6) is 5.75 Å². The highest BCUT2D eigenvalue weighted by Gasteiger charge is 2.26. The molecule has 2 aromatic carbocycles. The van der Waals surface area contributed by atoms with Gasteiger partial charge in [0.2, 0.25) is 0 Å². The molecule has 0 radical (unpaired) electrons. The van der Waals surface area contributed by atoms with E-state index in [-0.39, 0.29) is 51.1 Å². The summed E-state index contributed by atoms with van der Waals surface area (Å²) in [5.41, 5.74) is 0.151. The van der Waals surface area contributed by atoms with Crippen molar-refractivity contribution >= 4 is 51.2 Å². The first-order valence-corrected chi connectivity index (χ1v) is 8.04. The van der Waals surface area contributed by atoms with Gasteiger partial charge in [-0.3, -0.25) is 0 Å². The van der Waals surface area contributed by atoms with Gasteiger partial charge in [-0.15, -0.1) is 0 Å². The van der Waals surface area contributed by atoms with Gasteiger partial charge in [0.05, 0.1) is 16.7 Å². The lowest BCUT2D eigenvalue weighted by Gasteiger charge is -2.11. The summed E-state index contributed by atoms with van der Waals surface area (Å²) in [7, 11) is 0. The maximum Gasteiger partial charge on any atom is 0.344 e. The Hall–Kier alpha value is -2.51. The molecule has 1 aromatic heterocycles. The van der Waals surface area contributed by atoms with Gasteiger partial charge in [-0.05, 0) is 13.0 Å². The Labute approximate surface area is 152 Å². The van der Waals surface area contributed by atoms with Crippen LogP contribution >= 0.6 is 23.2 Å². The number of hydrogen-bond donors (Lipinski definition) is 0. The van der Waals surface area contributed by atoms with E-state index in [0.29, 0.717) is 9.46 Å². The Kier molecular flexibility index (Phi) is 4.69. The van der Waals surface area contributed by atoms with Crippen molar-refractivity contribution in [3.8, 4) is 5.75 Å². The quantitative estimate of drug-likeness (QED) is 0.299. The molecular formula is C16H12Cl2N2O5. The van der Waals surface area contributed by atoms with E-state index in [0.717, 1.165) is 0 Å². The molecule has 0 saturated heterocycles. The molecule has 0 aliphatic heterocycles. The smallest absolute Gasteiger partial charge is 0.344 e. The highest BCUT2D eigenvalue weighted by atomic mass is 35.5. The molecule has 3 rings (SSSR count). The molecule has 0 N–H and O–H groups in total. The third-order valence-electron chi connectivity index (χ3n) is 3.51. The molecule has 0 fully saturated rings. The molecule has 0 aliphatic carbocycles. The molecule has 0 amide bonds. The molecule has 130 valence electrons. The summed E-state index contributed by atoms with van der Waals surface area (Å²) < 4.78 is 11.2. The summed E-state index contributed by atoms with van der Waals surface area (Å²) in [5.74, 6) is -0.499. The molecule has 1 heterocycles. The average Bonchev–Trinajstić information content (AvgIpc) is 2.59. The van der Waals surface area contributed by atoms with E-state index in [2.05, 4.69) is 0 Å². The summed E-state index contributed by atoms with van der Waals surface area (Å²) in [6.07, 6.45) is 0. The second-order valence-corrected chi connectivity index (χ2v) is 5.88. The second-order valence-electron chi connectivity index (χ2n) is 5.06. The molecule has 25 heavy (non-hydrogen) atoms. The van der Waals surface area contributed by atoms with E-state index in [9.17, 15) is 15.2 Å². The fourth-order valence-corrected chi connectivity index (χ4v) is 2.75. The van der Waals surface area contributed by atoms with Crippen LogP contribution in [0.2, 0.25) is 10.0 Å². The summed E-state index contributed by atoms with van der Waals surface area (Å²) in [5, 5.41) is 25.7. The van der Waals surface area contributed by atoms with Crippen LogP contribution in [0.25, 0.3) is 22.1 Å². The molecule has 9 heteroatoms. The van der Waals surface area contributed by atoms with Crippen molar-refractivity contribution in [1.29, 1.82) is 0 Å². The minimum absolute atomic E-state index is 0.0207. The van der Waals surface area contributed by atoms with E-state index in [4.69, 9.17) is 32.7 Å². The summed E-state index contributed by atoms with van der Waals surface area (Å²) >= 11 is 11.9. The second kappa shape index (κ2) is 6.78. The zero-order valence-electron chi connectivity index (χ0n) is 13.0. The Bertz CT molecular complexity index is 994. The number of nitrogens with zero attached hydrogens (tertiary/aromatic N) is 2. The van der Waals surface area contributed by atoms with E-state index in [1.807, 2.05) is 0 Å². The largest absolute Gasteiger partial charge is 0.617 e. The Morgan fingerprint density at radius 3 is 2.36 bits per heavy atom. The molecule has 0 saturated carbocycles. The number of carbonyl (C=O) groups excluding carboxylic acids is 1. The van der Waals surface area contributed by atoms with Gasteiger partial charge in [-0.2, -0.15) is 9.46 Å². The normalized spacial score (nSPS) is 11.0. The number of halogens is 2. The van der Waals surface area contributed by atoms with Gasteiger partial charge < -0.3 is 19.9 Å². The van der Waals surface area contributed by atoms with Crippen LogP contribution in [-0.4, -0.2) is 19.2 Å². The molecule has 0 atom stereocenters. The molecule has 7 nitrogen and oxygen atoms in total. The third-order valence-corrected chi connectivity index (χ3v) is 4.23. The number of carbonyl (C=O) groups is 1. The molecule has 0 spiro atoms. The minimum atomic E-state index is -0.581. The van der Waals surface area contributed by atoms with Crippen molar-refractivity contribution in [2.24, 2.45) is 0 Å². The van der Waals surface area contributed by atoms with Crippen LogP contribution in [0.4, 0.5) is 0 Å². The lowest BCUT2D eigenvalue weighted by molar-refractivity contribution is -0.591. The fourth-order valence-electron chi connectivity index (χ4n) is 2.44. The van der Waals surface area contributed by atoms with Crippen molar-refractivity contribution in [1.82, 2.24) is 0 Å². The standard InChI is InChI=1S/C16H12Cl2N2O5/c1-2-24-15(21)8-25-14-5-3-4-11-16(14)20(23)13-7-10(18)9(17)6-12(13)19(11)22/h3-7H,2,8H2,1H3. The summed E-state index contributed by atoms with van der Waals surface area (Å²) in [6, 6.07) is 7.13. The monoisotopic (exact) mass is 382 g/mol. The van der Waals surface area contributed by atoms with Gasteiger partial charge in [0.15, 0.2) is 12.4 Å². The van der Waals surface area contributed by atoms with Crippen LogP contribution in [-0.2, 0) is 9.53 Å². The number of rotatable bonds is 4. The van der Waals surface area contributed by atoms with Gasteiger partial charge in [0, 0.05) is 18.2 Å². The first-order chi connectivity index (χ1) is 11.9. The molecule has 0 unspecified atom stereocenters. The van der Waals surface area contributed by atoms with Crippen molar-refractivity contribution in [2.45, 2.75) is 6.92 Å². The number of para-hydroxylation sites is 1. The first kappa shape index (κ1) is 17.3. The van der Waals surface area contributed by atoms with Crippen LogP contribution in [0.1, 0.15) is 6.92 Å². The molecule has 3 aromatic rings. The number of aromatic nitrogens is 2. The van der Waals surface area contributed by atoms with Crippen LogP contribution in [0, 0.1) is 10.4 Å². The topological polar surface area (TPSA) is 89.4 Å². The maximum atomic E-state index is 12.8. The zero-order valence-corrected chi connectivity index (χ0v) is 14.5. The lowest BCUT2D eigenvalue weighted by Crippen LogP contribution is -2.39. The van der Waals surface area contributed by atoms with Crippen molar-refractivity contribution in [3.05, 3.63) is 50.8 Å². The predicted octanol–water partition coefficient (Wildman–Crippen LogP) is 2.51. The number of hydrogen-bond acceptors (Lipinski definition) is 5. The van der Waals surface area contributed by atoms with Crippen LogP contribution in [0.3, 0.4) is 0 Å². The van der Waals surface area contributed by atoms with Gasteiger partial charge in [0.25, 0.3) is 16.6 Å². The Morgan fingerprint density at radius 2 is 1.72 bits per heavy atom. The molecular weight excluding hydrogens is 371 g/mol. The summed E-state index contributed by atoms with van der Waals surface area (Å²) in [4.78, 5) is 11.5. The number of fused-ring (bicyclic) bond motifs is 2. The van der Waals surface area contributed by atoms with E-state index < -0.39 is 5.97 Å². The number of benzene rings is 2. The SMILES string of the molecule is CCOC(=O)COc1cccc2c1[n+]([O-])c1cc(Cl)c(Cl)cc1[n+]2[O-]. The Balaban J connectivity index is 2.20. The Morgan fingerprint density at radius 1 is 1.08 bits per heavy atom. The van der Waals surface area contributed by atoms with Crippen molar-refractivity contribution in [3.63, 3.8) is 0 Å². The van der Waals surface area contributed by atoms with E-state index in [1.165, 1.54) is 24.3 Å². The highest BCUT2D eigenvalue weighted by Crippen LogP contribution is 2.28. The van der Waals surface area contributed by atoms with Crippen LogP contribution < -0.4 is 14.2 Å². The lowest BCUT2D eigenvalue weighted by atomic mass is 10.2. The van der Waals surface area contributed by atoms with E-state index >= 15 is 0 Å². The maximum absolute atomic E-state index is 12.8. The molecule has 0 bridgehead atoms. The number of ether oxygens (including phenoxy) is 2. The number of esters is 1. The average molecular weight is 383 g/mol. The van der Waals surface area contributed by atoms with Crippen molar-refractivity contribution < 1.29 is 23.7 Å². The van der Waals surface area contributed by atoms with Gasteiger partial charge in [-0.25, -0.2) is 4.79 Å². The third kappa shape index (κ3) is 3.08. The van der Waals surface area contributed by atoms with Gasteiger partial charge in [0.1, 0.15) is 0 Å². The highest BCUT2D eigenvalue weighted by molar-refractivity contribution is 6.42.